The molecule has 0 bridgehead atoms. The number of rotatable bonds is 7. The first-order chi connectivity index (χ1) is 31.2. The zero-order valence-electron chi connectivity index (χ0n) is 34.5. The van der Waals surface area contributed by atoms with Gasteiger partial charge in [0.2, 0.25) is 0 Å². The molecule has 2 heteroatoms. The summed E-state index contributed by atoms with van der Waals surface area (Å²) < 4.78 is 2.43. The van der Waals surface area contributed by atoms with Gasteiger partial charge in [-0.15, -0.1) is 0 Å². The first kappa shape index (κ1) is 36.5. The molecular weight excluding hydrogens is 761 g/mol. The van der Waals surface area contributed by atoms with Gasteiger partial charge in [0.25, 0.3) is 0 Å². The number of fused-ring (bicyclic) bond motifs is 6. The van der Waals surface area contributed by atoms with Crippen LogP contribution in [-0.2, 0) is 0 Å². The van der Waals surface area contributed by atoms with Crippen molar-refractivity contribution in [1.29, 1.82) is 0 Å². The first-order valence-corrected chi connectivity index (χ1v) is 21.6. The number of hydrogen-bond acceptors (Lipinski definition) is 1. The van der Waals surface area contributed by atoms with Crippen molar-refractivity contribution in [1.82, 2.24) is 9.55 Å². The third kappa shape index (κ3) is 6.57. The SMILES string of the molecule is c1ccc(-c2cc(-c3ccccc3)cc(-c3cc(-c4ccccc4)cc(-c4cc(-c5cc6ccccc6c6ccccc56)cc(-n5c6ccccc6c6ccccc65)c4)n3)c2)cc1. The maximum Gasteiger partial charge on any atom is 0.0716 e. The molecular formula is C61H40N2. The highest BCUT2D eigenvalue weighted by atomic mass is 15.0. The Balaban J connectivity index is 1.15. The lowest BCUT2D eigenvalue weighted by Gasteiger charge is -2.17. The lowest BCUT2D eigenvalue weighted by atomic mass is 9.91. The highest BCUT2D eigenvalue weighted by Gasteiger charge is 2.18. The van der Waals surface area contributed by atoms with Gasteiger partial charge >= 0.3 is 0 Å². The molecule has 12 rings (SSSR count). The summed E-state index contributed by atoms with van der Waals surface area (Å²) in [5.74, 6) is 0. The van der Waals surface area contributed by atoms with E-state index in [1.54, 1.807) is 0 Å². The molecule has 10 aromatic carbocycles. The van der Waals surface area contributed by atoms with E-state index < -0.39 is 0 Å². The number of hydrogen-bond donors (Lipinski definition) is 0. The van der Waals surface area contributed by atoms with Gasteiger partial charge < -0.3 is 4.57 Å². The molecule has 0 N–H and O–H groups in total. The molecule has 294 valence electrons. The molecule has 12 aromatic rings. The Morgan fingerprint density at radius 2 is 0.651 bits per heavy atom. The third-order valence-electron chi connectivity index (χ3n) is 12.5. The molecule has 0 spiro atoms. The molecule has 0 aliphatic rings. The molecule has 0 amide bonds. The van der Waals surface area contributed by atoms with Crippen molar-refractivity contribution >= 4 is 43.4 Å². The maximum absolute atomic E-state index is 5.65. The van der Waals surface area contributed by atoms with Crippen LogP contribution in [0.25, 0.3) is 116 Å². The fraction of sp³-hybridized carbons (Fsp3) is 0. The number of benzene rings is 10. The zero-order chi connectivity index (χ0) is 41.7. The zero-order valence-corrected chi connectivity index (χ0v) is 34.5. The lowest BCUT2D eigenvalue weighted by Crippen LogP contribution is -1.98. The Hall–Kier alpha value is -8.33. The predicted molar refractivity (Wildman–Crippen MR) is 266 cm³/mol. The molecule has 2 nitrogen and oxygen atoms in total. The molecule has 2 heterocycles. The van der Waals surface area contributed by atoms with E-state index in [9.17, 15) is 0 Å². The molecule has 0 fully saturated rings. The van der Waals surface area contributed by atoms with Crippen molar-refractivity contribution < 1.29 is 0 Å². The lowest BCUT2D eigenvalue weighted by molar-refractivity contribution is 1.18. The summed E-state index contributed by atoms with van der Waals surface area (Å²) >= 11 is 0. The van der Waals surface area contributed by atoms with Gasteiger partial charge in [0.15, 0.2) is 0 Å². The smallest absolute Gasteiger partial charge is 0.0716 e. The Morgan fingerprint density at radius 1 is 0.254 bits per heavy atom. The topological polar surface area (TPSA) is 17.8 Å². The van der Waals surface area contributed by atoms with Gasteiger partial charge in [-0.25, -0.2) is 4.98 Å². The fourth-order valence-electron chi connectivity index (χ4n) is 9.53. The van der Waals surface area contributed by atoms with E-state index in [4.69, 9.17) is 4.98 Å². The average molecular weight is 801 g/mol. The summed E-state index contributed by atoms with van der Waals surface area (Å²) in [6, 6.07) is 87.9. The van der Waals surface area contributed by atoms with Crippen LogP contribution in [0.4, 0.5) is 0 Å². The van der Waals surface area contributed by atoms with Crippen LogP contribution in [0.1, 0.15) is 0 Å². The molecule has 0 radical (unpaired) electrons. The highest BCUT2D eigenvalue weighted by molar-refractivity contribution is 6.14. The number of nitrogens with zero attached hydrogens (tertiary/aromatic N) is 2. The van der Waals surface area contributed by atoms with Crippen LogP contribution in [-0.4, -0.2) is 9.55 Å². The van der Waals surface area contributed by atoms with E-state index in [1.807, 2.05) is 0 Å². The maximum atomic E-state index is 5.65. The first-order valence-electron chi connectivity index (χ1n) is 21.6. The van der Waals surface area contributed by atoms with Crippen molar-refractivity contribution in [2.75, 3.05) is 0 Å². The van der Waals surface area contributed by atoms with Crippen LogP contribution in [0.2, 0.25) is 0 Å². The molecule has 2 aromatic heterocycles. The normalized spacial score (nSPS) is 11.5. The van der Waals surface area contributed by atoms with Crippen LogP contribution in [0.5, 0.6) is 0 Å². The second-order valence-electron chi connectivity index (χ2n) is 16.4. The Bertz CT molecular complexity index is 3550. The van der Waals surface area contributed by atoms with E-state index in [0.29, 0.717) is 0 Å². The Kier molecular flexibility index (Phi) is 8.86. The number of pyridine rings is 1. The van der Waals surface area contributed by atoms with E-state index in [-0.39, 0.29) is 0 Å². The van der Waals surface area contributed by atoms with Crippen LogP contribution in [0, 0.1) is 0 Å². The summed E-state index contributed by atoms with van der Waals surface area (Å²) in [6.45, 7) is 0. The van der Waals surface area contributed by atoms with Gasteiger partial charge in [-0.2, -0.15) is 0 Å². The fourth-order valence-corrected chi connectivity index (χ4v) is 9.53. The predicted octanol–water partition coefficient (Wildman–Crippen LogP) is 16.5. The number of aromatic nitrogens is 2. The van der Waals surface area contributed by atoms with Crippen molar-refractivity contribution in [2.45, 2.75) is 0 Å². The van der Waals surface area contributed by atoms with Crippen molar-refractivity contribution in [2.24, 2.45) is 0 Å². The summed E-state index contributed by atoms with van der Waals surface area (Å²) in [6.07, 6.45) is 0. The minimum absolute atomic E-state index is 0.909. The second kappa shape index (κ2) is 15.3. The minimum Gasteiger partial charge on any atom is -0.309 e. The Labute approximate surface area is 366 Å². The molecule has 0 saturated heterocycles. The van der Waals surface area contributed by atoms with Crippen molar-refractivity contribution in [3.8, 4) is 72.7 Å². The van der Waals surface area contributed by atoms with Crippen LogP contribution in [0.15, 0.2) is 243 Å². The van der Waals surface area contributed by atoms with E-state index >= 15 is 0 Å². The summed E-state index contributed by atoms with van der Waals surface area (Å²) in [4.78, 5) is 5.65. The van der Waals surface area contributed by atoms with Gasteiger partial charge in [-0.05, 0) is 133 Å². The van der Waals surface area contributed by atoms with E-state index in [0.717, 1.165) is 56.0 Å². The van der Waals surface area contributed by atoms with E-state index in [2.05, 4.69) is 247 Å². The van der Waals surface area contributed by atoms with Gasteiger partial charge in [0.05, 0.1) is 22.4 Å². The Morgan fingerprint density at radius 3 is 1.22 bits per heavy atom. The van der Waals surface area contributed by atoms with Crippen LogP contribution in [0.3, 0.4) is 0 Å². The molecule has 0 unspecified atom stereocenters. The number of para-hydroxylation sites is 2. The molecule has 63 heavy (non-hydrogen) atoms. The average Bonchev–Trinajstić information content (AvgIpc) is 3.71. The quantitative estimate of drug-likeness (QED) is 0.147. The molecule has 0 saturated carbocycles. The van der Waals surface area contributed by atoms with Crippen LogP contribution < -0.4 is 0 Å². The second-order valence-corrected chi connectivity index (χ2v) is 16.4. The molecule has 0 aliphatic heterocycles. The van der Waals surface area contributed by atoms with Gasteiger partial charge in [0.1, 0.15) is 0 Å². The van der Waals surface area contributed by atoms with Crippen LogP contribution >= 0.6 is 0 Å². The molecule has 0 atom stereocenters. The minimum atomic E-state index is 0.909. The summed E-state index contributed by atoms with van der Waals surface area (Å²) in [5, 5.41) is 7.40. The summed E-state index contributed by atoms with van der Waals surface area (Å²) in [5.41, 5.74) is 16.6. The van der Waals surface area contributed by atoms with Gasteiger partial charge in [-0.3, -0.25) is 0 Å². The standard InChI is InChI=1S/C61H40N2/c1-4-18-41(19-5-1)45-32-46(42-20-6-2-7-21-42)34-49(33-45)58-39-47(43-22-8-3-9-23-43)40-59(62-58)50-35-48(57-38-44-24-10-11-25-52(44)53-26-12-13-27-54(53)57)36-51(37-50)63-60-30-16-14-28-55(60)56-29-15-17-31-61(56)63/h1-40H. The monoisotopic (exact) mass is 800 g/mol. The van der Waals surface area contributed by atoms with Gasteiger partial charge in [0, 0.05) is 27.6 Å². The van der Waals surface area contributed by atoms with Gasteiger partial charge in [-0.1, -0.05) is 176 Å². The van der Waals surface area contributed by atoms with E-state index in [1.165, 1.54) is 60.0 Å². The third-order valence-corrected chi connectivity index (χ3v) is 12.5. The van der Waals surface area contributed by atoms with Crippen molar-refractivity contribution in [3.05, 3.63) is 243 Å². The highest BCUT2D eigenvalue weighted by Crippen LogP contribution is 2.41. The largest absolute Gasteiger partial charge is 0.309 e. The van der Waals surface area contributed by atoms with Crippen molar-refractivity contribution in [3.63, 3.8) is 0 Å². The molecule has 0 aliphatic carbocycles. The summed E-state index contributed by atoms with van der Waals surface area (Å²) in [7, 11) is 0.